The number of hydrogen-bond acceptors (Lipinski definition) is 5. The van der Waals surface area contributed by atoms with Crippen LogP contribution >= 0.6 is 0 Å². The molecule has 6 rings (SSSR count). The van der Waals surface area contributed by atoms with Crippen LogP contribution in [0.5, 0.6) is 0 Å². The van der Waals surface area contributed by atoms with E-state index in [0.29, 0.717) is 41.1 Å². The molecule has 4 unspecified atom stereocenters. The SMILES string of the molecule is CCn1nccc1C(=O)NC(c1cn2nc(CC3C[C@@H](C(F)(F)F)CNC3=O)ccc2n1)C1CC2CCC(C2)C1. The van der Waals surface area contributed by atoms with Gasteiger partial charge in [-0.3, -0.25) is 14.3 Å². The van der Waals surface area contributed by atoms with Crippen molar-refractivity contribution in [3.63, 3.8) is 0 Å². The molecule has 0 spiro atoms. The van der Waals surface area contributed by atoms with Gasteiger partial charge in [-0.05, 0) is 68.6 Å². The van der Waals surface area contributed by atoms with Crippen LogP contribution in [0.2, 0.25) is 0 Å². The number of amides is 2. The van der Waals surface area contributed by atoms with Crippen LogP contribution < -0.4 is 10.6 Å². The van der Waals surface area contributed by atoms with Crippen molar-refractivity contribution in [2.45, 2.75) is 70.6 Å². The van der Waals surface area contributed by atoms with Crippen molar-refractivity contribution in [3.05, 3.63) is 47.7 Å². The number of hydrogen-bond donors (Lipinski definition) is 2. The monoisotopic (exact) mass is 557 g/mol. The summed E-state index contributed by atoms with van der Waals surface area (Å²) >= 11 is 0. The van der Waals surface area contributed by atoms with Crippen molar-refractivity contribution >= 4 is 17.5 Å². The normalized spacial score (nSPS) is 27.5. The molecule has 3 aromatic rings. The maximum absolute atomic E-state index is 13.4. The summed E-state index contributed by atoms with van der Waals surface area (Å²) < 4.78 is 43.1. The average Bonchev–Trinajstić information content (AvgIpc) is 3.65. The molecule has 0 radical (unpaired) electrons. The van der Waals surface area contributed by atoms with Crippen molar-refractivity contribution < 1.29 is 22.8 Å². The number of nitrogens with zero attached hydrogens (tertiary/aromatic N) is 5. The van der Waals surface area contributed by atoms with Gasteiger partial charge in [-0.25, -0.2) is 9.50 Å². The van der Waals surface area contributed by atoms with Gasteiger partial charge >= 0.3 is 6.18 Å². The Kier molecular flexibility index (Phi) is 7.03. The second-order valence-electron chi connectivity index (χ2n) is 11.7. The lowest BCUT2D eigenvalue weighted by Crippen LogP contribution is -2.47. The number of piperidine rings is 1. The zero-order chi connectivity index (χ0) is 28.0. The zero-order valence-corrected chi connectivity index (χ0v) is 22.4. The molecular weight excluding hydrogens is 523 g/mol. The van der Waals surface area contributed by atoms with E-state index in [1.807, 2.05) is 6.92 Å². The van der Waals surface area contributed by atoms with Gasteiger partial charge in [-0.1, -0.05) is 12.8 Å². The number of fused-ring (bicyclic) bond motifs is 3. The van der Waals surface area contributed by atoms with Crippen LogP contribution in [0, 0.1) is 29.6 Å². The largest absolute Gasteiger partial charge is 0.393 e. The predicted octanol–water partition coefficient (Wildman–Crippen LogP) is 4.10. The number of aryl methyl sites for hydroxylation is 1. The number of aromatic nitrogens is 5. The summed E-state index contributed by atoms with van der Waals surface area (Å²) in [5, 5.41) is 14.5. The molecule has 2 amide bonds. The predicted molar refractivity (Wildman–Crippen MR) is 139 cm³/mol. The number of nitrogens with one attached hydrogen (secondary N) is 2. The Morgan fingerprint density at radius 3 is 2.65 bits per heavy atom. The second-order valence-corrected chi connectivity index (χ2v) is 11.7. The number of alkyl halides is 3. The Labute approximate surface area is 229 Å². The molecule has 2 bridgehead atoms. The molecule has 12 heteroatoms. The molecule has 4 heterocycles. The first kappa shape index (κ1) is 26.8. The van der Waals surface area contributed by atoms with Crippen molar-refractivity contribution in [1.82, 2.24) is 35.0 Å². The Bertz CT molecular complexity index is 1390. The first-order chi connectivity index (χ1) is 19.2. The lowest BCUT2D eigenvalue weighted by atomic mass is 9.76. The van der Waals surface area contributed by atoms with Crippen LogP contribution in [0.3, 0.4) is 0 Å². The second kappa shape index (κ2) is 10.5. The van der Waals surface area contributed by atoms with E-state index in [4.69, 9.17) is 4.98 Å². The van der Waals surface area contributed by atoms with Gasteiger partial charge in [0, 0.05) is 31.6 Å². The molecule has 9 nitrogen and oxygen atoms in total. The van der Waals surface area contributed by atoms with E-state index in [2.05, 4.69) is 20.8 Å². The highest BCUT2D eigenvalue weighted by Gasteiger charge is 2.45. The zero-order valence-electron chi connectivity index (χ0n) is 22.4. The average molecular weight is 558 g/mol. The number of carbonyl (C=O) groups excluding carboxylic acids is 2. The van der Waals surface area contributed by atoms with Crippen LogP contribution in [0.1, 0.15) is 73.4 Å². The van der Waals surface area contributed by atoms with Gasteiger partial charge in [0.05, 0.1) is 29.5 Å². The number of halogens is 3. The van der Waals surface area contributed by atoms with Crippen molar-refractivity contribution in [3.8, 4) is 0 Å². The number of imidazole rings is 1. The molecule has 214 valence electrons. The summed E-state index contributed by atoms with van der Waals surface area (Å²) in [7, 11) is 0. The van der Waals surface area contributed by atoms with Crippen LogP contribution in [-0.4, -0.2) is 48.9 Å². The van der Waals surface area contributed by atoms with Crippen LogP contribution in [0.15, 0.2) is 30.6 Å². The van der Waals surface area contributed by atoms with Gasteiger partial charge in [0.25, 0.3) is 5.91 Å². The highest BCUT2D eigenvalue weighted by molar-refractivity contribution is 5.92. The van der Waals surface area contributed by atoms with E-state index in [1.54, 1.807) is 39.8 Å². The summed E-state index contributed by atoms with van der Waals surface area (Å²) in [5.74, 6) is -1.38. The van der Waals surface area contributed by atoms with E-state index in [1.165, 1.54) is 19.3 Å². The van der Waals surface area contributed by atoms with Gasteiger partial charge in [0.2, 0.25) is 5.91 Å². The Balaban J connectivity index is 1.26. The molecule has 2 saturated carbocycles. The standard InChI is InChI=1S/C28H34F3N7O2/c1-2-37-23(7-8-33-37)27(40)35-25(18-10-16-3-4-17(9-16)11-18)22-15-38-24(34-22)6-5-21(36-38)13-19-12-20(28(29,30)31)14-32-26(19)39/h5-8,15-20,25H,2-4,9-14H2,1H3,(H,32,39)(H,35,40)/t16?,17?,18?,19?,20-,25?/m1/s1. The third kappa shape index (κ3) is 5.32. The number of rotatable bonds is 7. The molecule has 5 atom stereocenters. The Morgan fingerprint density at radius 1 is 1.15 bits per heavy atom. The van der Waals surface area contributed by atoms with Crippen LogP contribution in [0.4, 0.5) is 13.2 Å². The van der Waals surface area contributed by atoms with E-state index < -0.39 is 18.0 Å². The topological polar surface area (TPSA) is 106 Å². The van der Waals surface area contributed by atoms with E-state index in [-0.39, 0.29) is 43.2 Å². The fourth-order valence-corrected chi connectivity index (χ4v) is 7.04. The minimum atomic E-state index is -4.35. The summed E-state index contributed by atoms with van der Waals surface area (Å²) in [5.41, 5.74) is 2.30. The number of carbonyl (C=O) groups is 2. The van der Waals surface area contributed by atoms with Gasteiger partial charge in [0.15, 0.2) is 5.65 Å². The molecule has 1 aliphatic heterocycles. The molecular formula is C28H34F3N7O2. The summed E-state index contributed by atoms with van der Waals surface area (Å²) in [6.45, 7) is 2.13. The minimum Gasteiger partial charge on any atom is -0.355 e. The van der Waals surface area contributed by atoms with E-state index in [0.717, 1.165) is 12.8 Å². The van der Waals surface area contributed by atoms with Crippen molar-refractivity contribution in [1.29, 1.82) is 0 Å². The molecule has 3 fully saturated rings. The lowest BCUT2D eigenvalue weighted by Gasteiger charge is -2.33. The smallest absolute Gasteiger partial charge is 0.355 e. The Hall–Kier alpha value is -3.44. The molecule has 40 heavy (non-hydrogen) atoms. The fraction of sp³-hybridized carbons (Fsp3) is 0.607. The first-order valence-electron chi connectivity index (χ1n) is 14.2. The van der Waals surface area contributed by atoms with Gasteiger partial charge in [-0.2, -0.15) is 23.4 Å². The highest BCUT2D eigenvalue weighted by Crippen LogP contribution is 2.48. The van der Waals surface area contributed by atoms with Crippen LogP contribution in [0.25, 0.3) is 5.65 Å². The summed E-state index contributed by atoms with van der Waals surface area (Å²) in [6.07, 6.45) is 4.68. The van der Waals surface area contributed by atoms with Gasteiger partial charge in [0.1, 0.15) is 5.69 Å². The third-order valence-corrected chi connectivity index (χ3v) is 9.02. The molecule has 1 saturated heterocycles. The first-order valence-corrected chi connectivity index (χ1v) is 14.2. The maximum Gasteiger partial charge on any atom is 0.393 e. The summed E-state index contributed by atoms with van der Waals surface area (Å²) in [4.78, 5) is 30.5. The molecule has 2 N–H and O–H groups in total. The van der Waals surface area contributed by atoms with Crippen LogP contribution in [-0.2, 0) is 17.8 Å². The maximum atomic E-state index is 13.4. The minimum absolute atomic E-state index is 0.106. The summed E-state index contributed by atoms with van der Waals surface area (Å²) in [6, 6.07) is 4.88. The molecule has 2 aliphatic carbocycles. The van der Waals surface area contributed by atoms with E-state index in [9.17, 15) is 22.8 Å². The fourth-order valence-electron chi connectivity index (χ4n) is 7.04. The van der Waals surface area contributed by atoms with Gasteiger partial charge < -0.3 is 10.6 Å². The van der Waals surface area contributed by atoms with Crippen molar-refractivity contribution in [2.75, 3.05) is 6.54 Å². The van der Waals surface area contributed by atoms with Gasteiger partial charge in [-0.15, -0.1) is 0 Å². The van der Waals surface area contributed by atoms with E-state index >= 15 is 0 Å². The molecule has 3 aromatic heterocycles. The molecule has 3 aliphatic rings. The lowest BCUT2D eigenvalue weighted by molar-refractivity contribution is -0.183. The third-order valence-electron chi connectivity index (χ3n) is 9.02. The highest BCUT2D eigenvalue weighted by atomic mass is 19.4. The molecule has 0 aromatic carbocycles. The Morgan fingerprint density at radius 2 is 1.93 bits per heavy atom. The quantitative estimate of drug-likeness (QED) is 0.455. The van der Waals surface area contributed by atoms with Crippen molar-refractivity contribution in [2.24, 2.45) is 29.6 Å².